The first kappa shape index (κ1) is 36.0. The Morgan fingerprint density at radius 3 is 2.63 bits per heavy atom. The van der Waals surface area contributed by atoms with Gasteiger partial charge in [-0.1, -0.05) is 53.8 Å². The van der Waals surface area contributed by atoms with E-state index in [-0.39, 0.29) is 12.1 Å². The van der Waals surface area contributed by atoms with E-state index in [0.29, 0.717) is 34.3 Å². The highest BCUT2D eigenvalue weighted by atomic mass is 35.5. The maximum Gasteiger partial charge on any atom is 0.152 e. The molecule has 51 heavy (non-hydrogen) atoms. The van der Waals surface area contributed by atoms with Crippen LogP contribution in [0.2, 0.25) is 5.02 Å². The number of piperidine rings is 1. The molecular formula is C40H42ClN7O2S. The number of hydrogen-bond acceptors (Lipinski definition) is 10. The van der Waals surface area contributed by atoms with Crippen molar-refractivity contribution in [2.24, 2.45) is 21.1 Å². The van der Waals surface area contributed by atoms with E-state index >= 15 is 0 Å². The third-order valence-corrected chi connectivity index (χ3v) is 10.7. The van der Waals surface area contributed by atoms with E-state index in [4.69, 9.17) is 16.6 Å². The van der Waals surface area contributed by atoms with Gasteiger partial charge in [0.2, 0.25) is 0 Å². The zero-order valence-electron chi connectivity index (χ0n) is 29.1. The Morgan fingerprint density at radius 1 is 1.10 bits per heavy atom. The summed E-state index contributed by atoms with van der Waals surface area (Å²) < 4.78 is 0. The molecule has 0 bridgehead atoms. The van der Waals surface area contributed by atoms with Crippen LogP contribution in [0.25, 0.3) is 0 Å². The van der Waals surface area contributed by atoms with Crippen LogP contribution >= 0.6 is 22.9 Å². The van der Waals surface area contributed by atoms with Crippen molar-refractivity contribution in [1.82, 2.24) is 10.2 Å². The summed E-state index contributed by atoms with van der Waals surface area (Å²) in [4.78, 5) is 31.3. The van der Waals surface area contributed by atoms with Gasteiger partial charge in [-0.15, -0.1) is 16.4 Å². The summed E-state index contributed by atoms with van der Waals surface area (Å²) in [5, 5.41) is 20.6. The van der Waals surface area contributed by atoms with Crippen LogP contribution in [-0.2, 0) is 6.42 Å². The van der Waals surface area contributed by atoms with E-state index in [1.807, 2.05) is 44.2 Å². The average Bonchev–Trinajstić information content (AvgIpc) is 3.41. The average molecular weight is 720 g/mol. The Morgan fingerprint density at radius 2 is 1.90 bits per heavy atom. The standard InChI is InChI=1S/C40H42ClN7O2S/c1-26-20-44-47-28(3)46-40-35(19-38(45-26)31-8-10-33(41)11-9-31)27(2)39(51-40)14-13-34-12-7-30(22-42-34)23-48-17-15-29(16-18-48)21-43-37-6-4-5-32(24-49)36(37)25-50/h4-12,20,22,24-26,29,34,42-43H,15-19,21,23H2,1-3H3,(H,46,47)/b44-20+,45-38+/t26-,34?/m0/s1. The molecule has 1 unspecified atom stereocenters. The predicted molar refractivity (Wildman–Crippen MR) is 211 cm³/mol. The van der Waals surface area contributed by atoms with Crippen LogP contribution in [0.5, 0.6) is 0 Å². The topological polar surface area (TPSA) is 111 Å². The number of amidine groups is 1. The summed E-state index contributed by atoms with van der Waals surface area (Å²) >= 11 is 7.82. The molecule has 1 aromatic heterocycles. The van der Waals surface area contributed by atoms with Gasteiger partial charge < -0.3 is 16.0 Å². The number of nitrogens with one attached hydrogen (secondary N) is 3. The molecule has 0 radical (unpaired) electrons. The Labute approximate surface area is 308 Å². The zero-order valence-corrected chi connectivity index (χ0v) is 30.7. The molecule has 0 spiro atoms. The molecule has 0 amide bonds. The van der Waals surface area contributed by atoms with Crippen molar-refractivity contribution in [2.75, 3.05) is 36.8 Å². The maximum absolute atomic E-state index is 11.5. The second kappa shape index (κ2) is 16.9. The van der Waals surface area contributed by atoms with Crippen molar-refractivity contribution in [1.29, 1.82) is 0 Å². The van der Waals surface area contributed by atoms with Gasteiger partial charge in [0.1, 0.15) is 11.9 Å². The van der Waals surface area contributed by atoms with Crippen LogP contribution in [0.15, 0.2) is 81.6 Å². The number of fused-ring (bicyclic) bond motifs is 1. The highest BCUT2D eigenvalue weighted by Gasteiger charge is 2.22. The molecule has 2 atom stereocenters. The number of nitrogens with zero attached hydrogens (tertiary/aromatic N) is 4. The largest absolute Gasteiger partial charge is 0.384 e. The van der Waals surface area contributed by atoms with E-state index in [2.05, 4.69) is 68.2 Å². The van der Waals surface area contributed by atoms with Crippen molar-refractivity contribution < 1.29 is 9.59 Å². The van der Waals surface area contributed by atoms with Gasteiger partial charge in [0.15, 0.2) is 12.6 Å². The number of carbonyl (C=O) groups excluding carboxylic acids is 2. The maximum atomic E-state index is 11.5. The lowest BCUT2D eigenvalue weighted by Crippen LogP contribution is -2.37. The summed E-state index contributed by atoms with van der Waals surface area (Å²) in [6, 6.07) is 12.9. The highest BCUT2D eigenvalue weighted by molar-refractivity contribution is 7.17. The number of aldehydes is 2. The van der Waals surface area contributed by atoms with Crippen molar-refractivity contribution in [2.45, 2.75) is 52.1 Å². The summed E-state index contributed by atoms with van der Waals surface area (Å²) in [6.07, 6.45) is 12.4. The molecule has 1 fully saturated rings. The van der Waals surface area contributed by atoms with Crippen LogP contribution in [0.4, 0.5) is 10.7 Å². The minimum atomic E-state index is -0.137. The molecular weight excluding hydrogens is 678 g/mol. The lowest BCUT2D eigenvalue weighted by molar-refractivity contribution is 0.109. The van der Waals surface area contributed by atoms with Crippen LogP contribution in [-0.4, -0.2) is 73.5 Å². The molecule has 6 rings (SSSR count). The Bertz CT molecular complexity index is 1980. The molecule has 3 aliphatic heterocycles. The van der Waals surface area contributed by atoms with Crippen molar-refractivity contribution in [3.63, 3.8) is 0 Å². The number of carbonyl (C=O) groups is 2. The van der Waals surface area contributed by atoms with E-state index in [1.165, 1.54) is 5.57 Å². The number of hydrogen-bond donors (Lipinski definition) is 3. The van der Waals surface area contributed by atoms with E-state index < -0.39 is 0 Å². The summed E-state index contributed by atoms with van der Waals surface area (Å²) in [7, 11) is 0. The molecule has 3 N–H and O–H groups in total. The fraction of sp³-hybridized carbons (Fsp3) is 0.325. The molecule has 3 aliphatic rings. The van der Waals surface area contributed by atoms with Crippen LogP contribution in [0.1, 0.15) is 69.0 Å². The van der Waals surface area contributed by atoms with Crippen molar-refractivity contribution in [3.05, 3.63) is 104 Å². The number of dihydropyridines is 1. The minimum absolute atomic E-state index is 0.0869. The summed E-state index contributed by atoms with van der Waals surface area (Å²) in [6.45, 7) is 9.71. The number of aliphatic imine (C=N–C) groups is 1. The Hall–Kier alpha value is -4.82. The van der Waals surface area contributed by atoms with Gasteiger partial charge >= 0.3 is 0 Å². The fourth-order valence-electron chi connectivity index (χ4n) is 6.38. The van der Waals surface area contributed by atoms with Crippen LogP contribution in [0, 0.1) is 24.7 Å². The zero-order chi connectivity index (χ0) is 35.7. The normalized spacial score (nSPS) is 22.2. The third kappa shape index (κ3) is 9.30. The number of anilines is 2. The first-order valence-corrected chi connectivity index (χ1v) is 18.4. The van der Waals surface area contributed by atoms with E-state index in [0.717, 1.165) is 89.6 Å². The van der Waals surface area contributed by atoms with Crippen molar-refractivity contribution >= 4 is 64.0 Å². The number of thiophene rings is 1. The van der Waals surface area contributed by atoms with Crippen LogP contribution in [0.3, 0.4) is 0 Å². The number of rotatable bonds is 8. The molecule has 1 saturated heterocycles. The minimum Gasteiger partial charge on any atom is -0.384 e. The number of likely N-dealkylation sites (tertiary alicyclic amines) is 1. The molecule has 4 heterocycles. The Balaban J connectivity index is 1.06. The summed E-state index contributed by atoms with van der Waals surface area (Å²) in [5.74, 6) is 8.09. The SMILES string of the molecule is C/C1=N/N=C/[C@H](C)/N=C(/c2ccc(Cl)cc2)Cc2c(sc(C#CC3C=CC(CN4CCC(CNc5cccc(C=O)c5C=O)CC4)=CN3)c2C)N1. The van der Waals surface area contributed by atoms with Gasteiger partial charge in [0.25, 0.3) is 0 Å². The monoisotopic (exact) mass is 719 g/mol. The Kier molecular flexibility index (Phi) is 11.9. The molecule has 11 heteroatoms. The molecule has 2 aromatic carbocycles. The van der Waals surface area contributed by atoms with Crippen molar-refractivity contribution in [3.8, 4) is 11.8 Å². The lowest BCUT2D eigenvalue weighted by Gasteiger charge is -2.33. The quantitative estimate of drug-likeness (QED) is 0.168. The van der Waals surface area contributed by atoms with Gasteiger partial charge in [-0.3, -0.25) is 19.5 Å². The van der Waals surface area contributed by atoms with Gasteiger partial charge in [-0.25, -0.2) is 0 Å². The smallest absolute Gasteiger partial charge is 0.152 e. The molecule has 9 nitrogen and oxygen atoms in total. The molecule has 0 aliphatic carbocycles. The predicted octanol–water partition coefficient (Wildman–Crippen LogP) is 7.17. The number of benzene rings is 2. The second-order valence-corrected chi connectivity index (χ2v) is 14.5. The van der Waals surface area contributed by atoms with Gasteiger partial charge in [0.05, 0.1) is 22.1 Å². The lowest BCUT2D eigenvalue weighted by atomic mass is 9.96. The third-order valence-electron chi connectivity index (χ3n) is 9.31. The molecule has 3 aromatic rings. The second-order valence-electron chi connectivity index (χ2n) is 13.1. The molecule has 262 valence electrons. The first-order chi connectivity index (χ1) is 24.8. The first-order valence-electron chi connectivity index (χ1n) is 17.2. The molecule has 0 saturated carbocycles. The van der Waals surface area contributed by atoms with E-state index in [9.17, 15) is 9.59 Å². The fourth-order valence-corrected chi connectivity index (χ4v) is 7.65. The highest BCUT2D eigenvalue weighted by Crippen LogP contribution is 2.34. The summed E-state index contributed by atoms with van der Waals surface area (Å²) in [5.41, 5.74) is 7.06. The van der Waals surface area contributed by atoms with Crippen LogP contribution < -0.4 is 16.0 Å². The van der Waals surface area contributed by atoms with Gasteiger partial charge in [-0.05, 0) is 99.2 Å². The van der Waals surface area contributed by atoms with Gasteiger partial charge in [0, 0.05) is 53.3 Å². The van der Waals surface area contributed by atoms with E-state index in [1.54, 1.807) is 29.7 Å². The van der Waals surface area contributed by atoms with Gasteiger partial charge in [-0.2, -0.15) is 5.10 Å². The number of halogens is 1.